The van der Waals surface area contributed by atoms with Gasteiger partial charge >= 0.3 is 0 Å². The first-order chi connectivity index (χ1) is 12.3. The van der Waals surface area contributed by atoms with E-state index in [4.69, 9.17) is 11.6 Å². The molecule has 1 saturated heterocycles. The number of hydrogen-bond acceptors (Lipinski definition) is 6. The molecule has 3 heterocycles. The molecule has 1 aliphatic rings. The van der Waals surface area contributed by atoms with Crippen molar-refractivity contribution >= 4 is 34.5 Å². The average Bonchev–Trinajstić information content (AvgIpc) is 3.12. The highest BCUT2D eigenvalue weighted by Gasteiger charge is 2.24. The second-order valence-electron chi connectivity index (χ2n) is 5.71. The van der Waals surface area contributed by atoms with Gasteiger partial charge in [0.2, 0.25) is 5.91 Å². The van der Waals surface area contributed by atoms with Crippen LogP contribution >= 0.6 is 11.6 Å². The van der Waals surface area contributed by atoms with Crippen molar-refractivity contribution in [3.63, 3.8) is 0 Å². The van der Waals surface area contributed by atoms with Gasteiger partial charge in [-0.3, -0.25) is 4.79 Å². The molecule has 0 N–H and O–H groups in total. The van der Waals surface area contributed by atoms with Crippen LogP contribution in [0.25, 0.3) is 16.9 Å². The number of piperazine rings is 1. The summed E-state index contributed by atoms with van der Waals surface area (Å²) in [5.74, 6) is 0.720. The van der Waals surface area contributed by atoms with E-state index in [9.17, 15) is 4.79 Å². The molecule has 4 rings (SSSR count). The number of fused-ring (bicyclic) bond motifs is 1. The van der Waals surface area contributed by atoms with Gasteiger partial charge in [0.25, 0.3) is 0 Å². The molecule has 0 spiro atoms. The number of para-hydroxylation sites is 1. The summed E-state index contributed by atoms with van der Waals surface area (Å²) in [7, 11) is 0. The van der Waals surface area contributed by atoms with Gasteiger partial charge in [0, 0.05) is 26.2 Å². The molecule has 25 heavy (non-hydrogen) atoms. The van der Waals surface area contributed by atoms with E-state index in [1.807, 2.05) is 30.3 Å². The van der Waals surface area contributed by atoms with Gasteiger partial charge in [0.15, 0.2) is 17.0 Å². The summed E-state index contributed by atoms with van der Waals surface area (Å²) in [6, 6.07) is 9.74. The van der Waals surface area contributed by atoms with Crippen LogP contribution in [0.3, 0.4) is 0 Å². The van der Waals surface area contributed by atoms with Crippen molar-refractivity contribution in [2.45, 2.75) is 0 Å². The maximum absolute atomic E-state index is 11.7. The van der Waals surface area contributed by atoms with Crippen LogP contribution in [-0.2, 0) is 4.79 Å². The highest BCUT2D eigenvalue weighted by atomic mass is 35.5. The third-order valence-corrected chi connectivity index (χ3v) is 4.49. The fourth-order valence-electron chi connectivity index (χ4n) is 2.96. The molecule has 0 aliphatic carbocycles. The SMILES string of the molecule is O=C(CCl)N1CCN(c2ncnc3c2nnn3-c2ccccc2)CC1. The van der Waals surface area contributed by atoms with Crippen LogP contribution in [0, 0.1) is 0 Å². The molecule has 1 amide bonds. The smallest absolute Gasteiger partial charge is 0.237 e. The largest absolute Gasteiger partial charge is 0.351 e. The third-order valence-electron chi connectivity index (χ3n) is 4.27. The molecule has 0 bridgehead atoms. The number of halogens is 1. The van der Waals surface area contributed by atoms with Gasteiger partial charge in [0.05, 0.1) is 5.69 Å². The molecule has 9 heteroatoms. The van der Waals surface area contributed by atoms with Crippen molar-refractivity contribution in [3.05, 3.63) is 36.7 Å². The Morgan fingerprint density at radius 2 is 1.84 bits per heavy atom. The van der Waals surface area contributed by atoms with Gasteiger partial charge in [-0.25, -0.2) is 9.97 Å². The zero-order valence-electron chi connectivity index (χ0n) is 13.4. The molecule has 2 aromatic heterocycles. The Labute approximate surface area is 149 Å². The Morgan fingerprint density at radius 3 is 2.56 bits per heavy atom. The zero-order valence-corrected chi connectivity index (χ0v) is 14.2. The minimum atomic E-state index is -0.0378. The molecule has 8 nitrogen and oxygen atoms in total. The predicted molar refractivity (Wildman–Crippen MR) is 94.0 cm³/mol. The van der Waals surface area contributed by atoms with Crippen molar-refractivity contribution in [2.24, 2.45) is 0 Å². The summed E-state index contributed by atoms with van der Waals surface area (Å²) < 4.78 is 1.70. The molecule has 0 unspecified atom stereocenters. The Balaban J connectivity index is 1.64. The zero-order chi connectivity index (χ0) is 17.2. The van der Waals surface area contributed by atoms with Crippen molar-refractivity contribution < 1.29 is 4.79 Å². The number of carbonyl (C=O) groups excluding carboxylic acids is 1. The summed E-state index contributed by atoms with van der Waals surface area (Å²) in [5, 5.41) is 8.52. The normalized spacial score (nSPS) is 14.9. The summed E-state index contributed by atoms with van der Waals surface area (Å²) >= 11 is 5.63. The molecule has 1 fully saturated rings. The lowest BCUT2D eigenvalue weighted by molar-refractivity contribution is -0.128. The number of nitrogens with zero attached hydrogens (tertiary/aromatic N) is 7. The number of carbonyl (C=O) groups is 1. The summed E-state index contributed by atoms with van der Waals surface area (Å²) in [5.41, 5.74) is 2.21. The van der Waals surface area contributed by atoms with Gasteiger partial charge in [-0.2, -0.15) is 4.68 Å². The van der Waals surface area contributed by atoms with Crippen LogP contribution in [0.2, 0.25) is 0 Å². The van der Waals surface area contributed by atoms with Crippen LogP contribution < -0.4 is 4.90 Å². The van der Waals surface area contributed by atoms with Crippen LogP contribution in [0.4, 0.5) is 5.82 Å². The fourth-order valence-corrected chi connectivity index (χ4v) is 3.13. The molecular weight excluding hydrogens is 342 g/mol. The van der Waals surface area contributed by atoms with Crippen LogP contribution in [0.1, 0.15) is 0 Å². The lowest BCUT2D eigenvalue weighted by Crippen LogP contribution is -2.49. The van der Waals surface area contributed by atoms with E-state index < -0.39 is 0 Å². The molecule has 0 radical (unpaired) electrons. The van der Waals surface area contributed by atoms with E-state index >= 15 is 0 Å². The average molecular weight is 358 g/mol. The van der Waals surface area contributed by atoms with E-state index in [-0.39, 0.29) is 11.8 Å². The second-order valence-corrected chi connectivity index (χ2v) is 5.98. The molecule has 0 saturated carbocycles. The first-order valence-electron chi connectivity index (χ1n) is 7.98. The number of benzene rings is 1. The van der Waals surface area contributed by atoms with Crippen molar-refractivity contribution in [1.29, 1.82) is 0 Å². The molecule has 1 aromatic carbocycles. The predicted octanol–water partition coefficient (Wildman–Crippen LogP) is 1.10. The third kappa shape index (κ3) is 2.89. The van der Waals surface area contributed by atoms with Crippen molar-refractivity contribution in [1.82, 2.24) is 29.9 Å². The standard InChI is InChI=1S/C16H16ClN7O/c17-10-13(25)22-6-8-23(9-7-22)15-14-16(19-11-18-15)24(21-20-14)12-4-2-1-3-5-12/h1-5,11H,6-10H2. The molecule has 1 aliphatic heterocycles. The molecule has 128 valence electrons. The van der Waals surface area contributed by atoms with Gasteiger partial charge in [-0.1, -0.05) is 23.4 Å². The van der Waals surface area contributed by atoms with E-state index in [0.29, 0.717) is 37.3 Å². The van der Waals surface area contributed by atoms with Crippen molar-refractivity contribution in [3.8, 4) is 5.69 Å². The summed E-state index contributed by atoms with van der Waals surface area (Å²) in [6.07, 6.45) is 1.52. The minimum Gasteiger partial charge on any atom is -0.351 e. The fraction of sp³-hybridized carbons (Fsp3) is 0.312. The summed E-state index contributed by atoms with van der Waals surface area (Å²) in [4.78, 5) is 24.3. The number of rotatable bonds is 3. The number of amides is 1. The lowest BCUT2D eigenvalue weighted by Gasteiger charge is -2.35. The Hall–Kier alpha value is -2.74. The number of hydrogen-bond donors (Lipinski definition) is 0. The van der Waals surface area contributed by atoms with Gasteiger partial charge in [-0.05, 0) is 12.1 Å². The summed E-state index contributed by atoms with van der Waals surface area (Å²) in [6.45, 7) is 2.58. The topological polar surface area (TPSA) is 80.0 Å². The molecule has 0 atom stereocenters. The highest BCUT2D eigenvalue weighted by molar-refractivity contribution is 6.27. The van der Waals surface area contributed by atoms with Crippen LogP contribution in [0.5, 0.6) is 0 Å². The van der Waals surface area contributed by atoms with Crippen LogP contribution in [-0.4, -0.2) is 67.8 Å². The Kier molecular flexibility index (Phi) is 4.19. The van der Waals surface area contributed by atoms with E-state index in [1.165, 1.54) is 6.33 Å². The molecule has 3 aromatic rings. The minimum absolute atomic E-state index is 0.0170. The van der Waals surface area contributed by atoms with E-state index in [1.54, 1.807) is 9.58 Å². The second kappa shape index (κ2) is 6.64. The monoisotopic (exact) mass is 357 g/mol. The quantitative estimate of drug-likeness (QED) is 0.653. The van der Waals surface area contributed by atoms with E-state index in [2.05, 4.69) is 25.2 Å². The maximum Gasteiger partial charge on any atom is 0.237 e. The van der Waals surface area contributed by atoms with Gasteiger partial charge < -0.3 is 9.80 Å². The Morgan fingerprint density at radius 1 is 1.08 bits per heavy atom. The van der Waals surface area contributed by atoms with Gasteiger partial charge in [-0.15, -0.1) is 16.7 Å². The first-order valence-corrected chi connectivity index (χ1v) is 8.52. The maximum atomic E-state index is 11.7. The number of alkyl halides is 1. The first kappa shape index (κ1) is 15.8. The Bertz CT molecular complexity index is 890. The van der Waals surface area contributed by atoms with E-state index in [0.717, 1.165) is 11.5 Å². The van der Waals surface area contributed by atoms with Gasteiger partial charge in [0.1, 0.15) is 12.2 Å². The lowest BCUT2D eigenvalue weighted by atomic mass is 10.3. The van der Waals surface area contributed by atoms with Crippen molar-refractivity contribution in [2.75, 3.05) is 37.0 Å². The number of anilines is 1. The highest BCUT2D eigenvalue weighted by Crippen LogP contribution is 2.23. The van der Waals surface area contributed by atoms with Crippen LogP contribution in [0.15, 0.2) is 36.7 Å². The number of aromatic nitrogens is 5. The molecular formula is C16H16ClN7O.